The minimum atomic E-state index is -4.31. The molecule has 1 saturated carbocycles. The number of ether oxygens (including phenoxy) is 3. The van der Waals surface area contributed by atoms with Crippen LogP contribution in [0, 0.1) is 5.92 Å². The topological polar surface area (TPSA) is 156 Å². The molecule has 3 heterocycles. The van der Waals surface area contributed by atoms with Crippen LogP contribution in [0.2, 0.25) is 5.02 Å². The third-order valence-corrected chi connectivity index (χ3v) is 7.93. The standard InChI is InChI=1S/C20H23ClF2N8O5S/c1-9-12(20(9,22)23)16-28-29-19(31(16)13-17(35-4)26-8-27-18(13)36-5)30-37(32,33)10(2)14(34-3)15-24-6-11(21)7-25-15/h6-10,12,14H,1-5H3,(H,29,30)/t9?,10-,12?,14-/m0/s1. The third-order valence-electron chi connectivity index (χ3n) is 6.04. The molecule has 0 spiro atoms. The van der Waals surface area contributed by atoms with Crippen molar-refractivity contribution in [3.05, 3.63) is 35.4 Å². The van der Waals surface area contributed by atoms with Gasteiger partial charge in [0, 0.05) is 25.4 Å². The van der Waals surface area contributed by atoms with Gasteiger partial charge < -0.3 is 14.2 Å². The fraction of sp³-hybridized carbons (Fsp3) is 0.500. The van der Waals surface area contributed by atoms with Crippen molar-refractivity contribution in [2.24, 2.45) is 5.92 Å². The molecule has 1 N–H and O–H groups in total. The maximum Gasteiger partial charge on any atom is 0.261 e. The Hall–Kier alpha value is -3.24. The molecule has 0 saturated heterocycles. The van der Waals surface area contributed by atoms with Gasteiger partial charge in [0.2, 0.25) is 27.7 Å². The third kappa shape index (κ3) is 4.75. The minimum absolute atomic E-state index is 0.0583. The molecule has 1 fully saturated rings. The van der Waals surface area contributed by atoms with Crippen LogP contribution < -0.4 is 14.2 Å². The van der Waals surface area contributed by atoms with E-state index in [1.807, 2.05) is 0 Å². The molecule has 0 radical (unpaired) electrons. The average Bonchev–Trinajstić information content (AvgIpc) is 3.15. The van der Waals surface area contributed by atoms with Crippen LogP contribution in [-0.2, 0) is 14.8 Å². The lowest BCUT2D eigenvalue weighted by Gasteiger charge is -2.22. The number of aromatic nitrogens is 7. The van der Waals surface area contributed by atoms with Crippen molar-refractivity contribution in [1.29, 1.82) is 0 Å². The number of hydrogen-bond donors (Lipinski definition) is 1. The molecule has 0 amide bonds. The monoisotopic (exact) mass is 560 g/mol. The summed E-state index contributed by atoms with van der Waals surface area (Å²) >= 11 is 5.83. The predicted octanol–water partition coefficient (Wildman–Crippen LogP) is 2.40. The van der Waals surface area contributed by atoms with Gasteiger partial charge in [0.15, 0.2) is 11.5 Å². The second-order valence-corrected chi connectivity index (χ2v) is 10.6. The summed E-state index contributed by atoms with van der Waals surface area (Å²) in [5.41, 5.74) is -0.0583. The Bertz CT molecular complexity index is 1370. The Balaban J connectivity index is 1.80. The number of nitrogens with one attached hydrogen (secondary N) is 1. The van der Waals surface area contributed by atoms with Crippen molar-refractivity contribution >= 4 is 27.6 Å². The van der Waals surface area contributed by atoms with Gasteiger partial charge in [-0.2, -0.15) is 9.97 Å². The van der Waals surface area contributed by atoms with E-state index in [1.165, 1.54) is 47.6 Å². The average molecular weight is 561 g/mol. The van der Waals surface area contributed by atoms with Crippen LogP contribution in [0.4, 0.5) is 14.7 Å². The zero-order valence-corrected chi connectivity index (χ0v) is 21.8. The molecule has 37 heavy (non-hydrogen) atoms. The van der Waals surface area contributed by atoms with Crippen molar-refractivity contribution in [3.63, 3.8) is 0 Å². The van der Waals surface area contributed by atoms with Crippen LogP contribution in [-0.4, -0.2) is 75.6 Å². The number of halogens is 3. The van der Waals surface area contributed by atoms with Crippen LogP contribution in [0.25, 0.3) is 5.69 Å². The Morgan fingerprint density at radius 2 is 1.65 bits per heavy atom. The van der Waals surface area contributed by atoms with Crippen LogP contribution in [0.1, 0.15) is 37.5 Å². The fourth-order valence-corrected chi connectivity index (χ4v) is 5.08. The summed E-state index contributed by atoms with van der Waals surface area (Å²) < 4.78 is 75.0. The zero-order chi connectivity index (χ0) is 27.1. The SMILES string of the molecule is COc1ncnc(OC)c1-n1c(NS(=O)(=O)[C@@H](C)[C@H](OC)c2ncc(Cl)cn2)nnc1C1C(C)C1(F)F. The second-order valence-electron chi connectivity index (χ2n) is 8.17. The van der Waals surface area contributed by atoms with E-state index in [-0.39, 0.29) is 34.1 Å². The van der Waals surface area contributed by atoms with E-state index in [0.29, 0.717) is 0 Å². The Labute approximate surface area is 215 Å². The van der Waals surface area contributed by atoms with Crippen molar-refractivity contribution in [2.45, 2.75) is 37.0 Å². The van der Waals surface area contributed by atoms with Gasteiger partial charge in [-0.1, -0.05) is 18.5 Å². The molecule has 3 aromatic rings. The highest BCUT2D eigenvalue weighted by molar-refractivity contribution is 7.93. The van der Waals surface area contributed by atoms with Crippen molar-refractivity contribution in [1.82, 2.24) is 34.7 Å². The normalized spacial score (nSPS) is 20.2. The van der Waals surface area contributed by atoms with E-state index in [0.717, 1.165) is 10.9 Å². The molecular weight excluding hydrogens is 538 g/mol. The van der Waals surface area contributed by atoms with E-state index < -0.39 is 45.1 Å². The van der Waals surface area contributed by atoms with Gasteiger partial charge in [-0.25, -0.2) is 27.2 Å². The lowest BCUT2D eigenvalue weighted by atomic mass is 10.2. The number of methoxy groups -OCH3 is 3. The molecule has 2 unspecified atom stereocenters. The first-order chi connectivity index (χ1) is 17.5. The number of anilines is 1. The first-order valence-corrected chi connectivity index (χ1v) is 12.7. The minimum Gasteiger partial charge on any atom is -0.479 e. The maximum atomic E-state index is 14.4. The van der Waals surface area contributed by atoms with E-state index >= 15 is 0 Å². The number of hydrogen-bond acceptors (Lipinski definition) is 11. The number of sulfonamides is 1. The van der Waals surface area contributed by atoms with E-state index in [2.05, 4.69) is 34.9 Å². The van der Waals surface area contributed by atoms with Gasteiger partial charge in [0.25, 0.3) is 5.92 Å². The summed E-state index contributed by atoms with van der Waals surface area (Å²) in [6.45, 7) is 2.71. The molecule has 0 bridgehead atoms. The molecule has 0 aromatic carbocycles. The highest BCUT2D eigenvalue weighted by Gasteiger charge is 2.68. The van der Waals surface area contributed by atoms with Crippen LogP contribution in [0.5, 0.6) is 11.8 Å². The highest BCUT2D eigenvalue weighted by atomic mass is 35.5. The quantitative estimate of drug-likeness (QED) is 0.388. The summed E-state index contributed by atoms with van der Waals surface area (Å²) in [4.78, 5) is 16.1. The molecule has 0 aliphatic heterocycles. The summed E-state index contributed by atoms with van der Waals surface area (Å²) in [6.07, 6.45) is 2.64. The molecule has 1 aliphatic carbocycles. The Kier molecular flexibility index (Phi) is 7.18. The van der Waals surface area contributed by atoms with Crippen molar-refractivity contribution in [3.8, 4) is 17.4 Å². The smallest absolute Gasteiger partial charge is 0.261 e. The summed E-state index contributed by atoms with van der Waals surface area (Å²) in [6, 6.07) is 0. The van der Waals surface area contributed by atoms with Gasteiger partial charge in [0.05, 0.1) is 25.2 Å². The van der Waals surface area contributed by atoms with Crippen LogP contribution in [0.15, 0.2) is 18.7 Å². The van der Waals surface area contributed by atoms with Gasteiger partial charge in [-0.3, -0.25) is 9.29 Å². The van der Waals surface area contributed by atoms with Gasteiger partial charge in [-0.05, 0) is 6.92 Å². The lowest BCUT2D eigenvalue weighted by molar-refractivity contribution is 0.0949. The summed E-state index contributed by atoms with van der Waals surface area (Å²) in [5.74, 6) is -6.23. The maximum absolute atomic E-state index is 14.4. The number of nitrogens with zero attached hydrogens (tertiary/aromatic N) is 7. The Morgan fingerprint density at radius 3 is 2.14 bits per heavy atom. The van der Waals surface area contributed by atoms with Crippen molar-refractivity contribution in [2.75, 3.05) is 26.1 Å². The first-order valence-electron chi connectivity index (χ1n) is 10.8. The van der Waals surface area contributed by atoms with Crippen LogP contribution >= 0.6 is 11.6 Å². The molecule has 4 atom stereocenters. The van der Waals surface area contributed by atoms with E-state index in [9.17, 15) is 17.2 Å². The second kappa shape index (κ2) is 9.90. The zero-order valence-electron chi connectivity index (χ0n) is 20.3. The molecule has 4 rings (SSSR count). The largest absolute Gasteiger partial charge is 0.479 e. The number of alkyl halides is 2. The van der Waals surface area contributed by atoms with Crippen LogP contribution in [0.3, 0.4) is 0 Å². The van der Waals surface area contributed by atoms with Crippen molar-refractivity contribution < 1.29 is 31.4 Å². The predicted molar refractivity (Wildman–Crippen MR) is 126 cm³/mol. The molecule has 1 aliphatic rings. The highest BCUT2D eigenvalue weighted by Crippen LogP contribution is 2.61. The summed E-state index contributed by atoms with van der Waals surface area (Å²) in [5, 5.41) is 6.75. The Morgan fingerprint density at radius 1 is 1.08 bits per heavy atom. The van der Waals surface area contributed by atoms with Gasteiger partial charge in [0.1, 0.15) is 23.5 Å². The van der Waals surface area contributed by atoms with Gasteiger partial charge in [-0.15, -0.1) is 10.2 Å². The first kappa shape index (κ1) is 26.8. The summed E-state index contributed by atoms with van der Waals surface area (Å²) in [7, 11) is -0.421. The molecule has 3 aromatic heterocycles. The fourth-order valence-electron chi connectivity index (χ4n) is 3.86. The van der Waals surface area contributed by atoms with E-state index in [1.54, 1.807) is 0 Å². The lowest BCUT2D eigenvalue weighted by Crippen LogP contribution is -2.33. The van der Waals surface area contributed by atoms with Gasteiger partial charge >= 0.3 is 0 Å². The number of rotatable bonds is 10. The molecular formula is C20H23ClF2N8O5S. The van der Waals surface area contributed by atoms with E-state index in [4.69, 9.17) is 25.8 Å². The molecule has 200 valence electrons. The molecule has 17 heteroatoms. The molecule has 13 nitrogen and oxygen atoms in total.